The molecule has 4 rings (SSSR count). The molecule has 29 heavy (non-hydrogen) atoms. The molecule has 1 aromatic rings. The molecule has 0 radical (unpaired) electrons. The zero-order valence-corrected chi connectivity index (χ0v) is 17.7. The lowest BCUT2D eigenvalue weighted by Gasteiger charge is -2.36. The van der Waals surface area contributed by atoms with Crippen LogP contribution in [-0.2, 0) is 4.79 Å². The maximum absolute atomic E-state index is 12.8. The smallest absolute Gasteiger partial charge is 0.254 e. The van der Waals surface area contributed by atoms with Crippen molar-refractivity contribution in [2.45, 2.75) is 26.2 Å². The third kappa shape index (κ3) is 4.95. The summed E-state index contributed by atoms with van der Waals surface area (Å²) >= 11 is 0. The molecule has 160 valence electrons. The minimum Gasteiger partial charge on any atom is -0.454 e. The van der Waals surface area contributed by atoms with Crippen molar-refractivity contribution in [2.24, 2.45) is 11.8 Å². The number of halogens is 1. The van der Waals surface area contributed by atoms with Crippen LogP contribution >= 0.6 is 12.4 Å². The number of hydrogen-bond donors (Lipinski definition) is 1. The third-order valence-corrected chi connectivity index (χ3v) is 6.22. The number of carbonyl (C=O) groups is 2. The summed E-state index contributed by atoms with van der Waals surface area (Å²) in [7, 11) is 0. The van der Waals surface area contributed by atoms with Gasteiger partial charge in [-0.2, -0.15) is 0 Å². The Morgan fingerprint density at radius 1 is 1.07 bits per heavy atom. The number of rotatable bonds is 4. The molecule has 0 spiro atoms. The van der Waals surface area contributed by atoms with Crippen molar-refractivity contribution in [3.63, 3.8) is 0 Å². The summed E-state index contributed by atoms with van der Waals surface area (Å²) in [5, 5.41) is 3.38. The van der Waals surface area contributed by atoms with Gasteiger partial charge >= 0.3 is 0 Å². The molecular formula is C21H30ClN3O4. The van der Waals surface area contributed by atoms with E-state index in [1.807, 2.05) is 9.80 Å². The summed E-state index contributed by atoms with van der Waals surface area (Å²) in [5.41, 5.74) is 0.601. The molecule has 8 heteroatoms. The molecule has 2 amide bonds. The maximum atomic E-state index is 12.8. The molecule has 1 N–H and O–H groups in total. The number of amides is 2. The van der Waals surface area contributed by atoms with Crippen LogP contribution in [0.3, 0.4) is 0 Å². The number of carbonyl (C=O) groups excluding carboxylic acids is 2. The summed E-state index contributed by atoms with van der Waals surface area (Å²) in [5.74, 6) is 2.55. The topological polar surface area (TPSA) is 71.1 Å². The third-order valence-electron chi connectivity index (χ3n) is 6.22. The van der Waals surface area contributed by atoms with Crippen LogP contribution in [0.15, 0.2) is 18.2 Å². The lowest BCUT2D eigenvalue weighted by atomic mass is 9.84. The molecule has 3 aliphatic rings. The quantitative estimate of drug-likeness (QED) is 0.803. The van der Waals surface area contributed by atoms with E-state index in [1.165, 1.54) is 0 Å². The standard InChI is InChI=1S/C21H29N3O4.ClH/c1-15(16-4-6-22-7-5-16)12-20(25)23-8-10-24(11-9-23)21(26)17-2-3-18-19(13-17)28-14-27-18;/h2-3,13,15-16,22H,4-12,14H2,1H3;1H. The predicted molar refractivity (Wildman–Crippen MR) is 112 cm³/mol. The fourth-order valence-electron chi connectivity index (χ4n) is 4.36. The van der Waals surface area contributed by atoms with Crippen molar-refractivity contribution in [2.75, 3.05) is 46.1 Å². The minimum atomic E-state index is -0.0199. The average molecular weight is 424 g/mol. The van der Waals surface area contributed by atoms with E-state index in [2.05, 4.69) is 12.2 Å². The average Bonchev–Trinajstić information content (AvgIpc) is 3.22. The summed E-state index contributed by atoms with van der Waals surface area (Å²) < 4.78 is 10.7. The van der Waals surface area contributed by atoms with Gasteiger partial charge in [-0.25, -0.2) is 0 Å². The summed E-state index contributed by atoms with van der Waals surface area (Å²) in [6.07, 6.45) is 2.93. The van der Waals surface area contributed by atoms with E-state index in [0.717, 1.165) is 25.9 Å². The van der Waals surface area contributed by atoms with Gasteiger partial charge in [-0.1, -0.05) is 6.92 Å². The van der Waals surface area contributed by atoms with E-state index in [4.69, 9.17) is 9.47 Å². The van der Waals surface area contributed by atoms with Gasteiger partial charge in [-0.05, 0) is 56.0 Å². The van der Waals surface area contributed by atoms with Gasteiger partial charge < -0.3 is 24.6 Å². The predicted octanol–water partition coefficient (Wildman–Crippen LogP) is 2.15. The van der Waals surface area contributed by atoms with Crippen molar-refractivity contribution in [3.8, 4) is 11.5 Å². The van der Waals surface area contributed by atoms with Crippen molar-refractivity contribution in [1.29, 1.82) is 0 Å². The second kappa shape index (κ2) is 9.67. The Morgan fingerprint density at radius 2 is 1.72 bits per heavy atom. The van der Waals surface area contributed by atoms with Gasteiger partial charge in [-0.15, -0.1) is 12.4 Å². The Kier molecular flexibility index (Phi) is 7.24. The van der Waals surface area contributed by atoms with Crippen LogP contribution in [0.2, 0.25) is 0 Å². The van der Waals surface area contributed by atoms with E-state index in [-0.39, 0.29) is 31.0 Å². The number of hydrogen-bond acceptors (Lipinski definition) is 5. The van der Waals surface area contributed by atoms with Crippen LogP contribution in [0.5, 0.6) is 11.5 Å². The number of piperazine rings is 1. The van der Waals surface area contributed by atoms with Crippen molar-refractivity contribution >= 4 is 24.2 Å². The molecule has 0 bridgehead atoms. The van der Waals surface area contributed by atoms with Gasteiger partial charge in [-0.3, -0.25) is 9.59 Å². The molecule has 0 aliphatic carbocycles. The molecular weight excluding hydrogens is 394 g/mol. The maximum Gasteiger partial charge on any atom is 0.254 e. The largest absolute Gasteiger partial charge is 0.454 e. The van der Waals surface area contributed by atoms with E-state index < -0.39 is 0 Å². The molecule has 3 aliphatic heterocycles. The number of nitrogens with one attached hydrogen (secondary N) is 1. The van der Waals surface area contributed by atoms with Crippen LogP contribution in [0.1, 0.15) is 36.5 Å². The first kappa shape index (κ1) is 21.7. The second-order valence-electron chi connectivity index (χ2n) is 8.01. The summed E-state index contributed by atoms with van der Waals surface area (Å²) in [6.45, 7) is 6.87. The van der Waals surface area contributed by atoms with Crippen molar-refractivity contribution < 1.29 is 19.1 Å². The van der Waals surface area contributed by atoms with Gasteiger partial charge in [0.2, 0.25) is 12.7 Å². The van der Waals surface area contributed by atoms with E-state index >= 15 is 0 Å². The highest BCUT2D eigenvalue weighted by molar-refractivity contribution is 5.95. The molecule has 3 heterocycles. The molecule has 1 unspecified atom stereocenters. The first-order valence-electron chi connectivity index (χ1n) is 10.3. The number of piperidine rings is 1. The highest BCUT2D eigenvalue weighted by atomic mass is 35.5. The molecule has 1 aromatic carbocycles. The number of nitrogens with zero attached hydrogens (tertiary/aromatic N) is 2. The number of benzene rings is 1. The highest BCUT2D eigenvalue weighted by Crippen LogP contribution is 2.33. The highest BCUT2D eigenvalue weighted by Gasteiger charge is 2.28. The first-order chi connectivity index (χ1) is 13.6. The molecule has 1 atom stereocenters. The monoisotopic (exact) mass is 423 g/mol. The Bertz CT molecular complexity index is 731. The Hall–Kier alpha value is -1.99. The van der Waals surface area contributed by atoms with Crippen LogP contribution in [0, 0.1) is 11.8 Å². The lowest BCUT2D eigenvalue weighted by molar-refractivity contribution is -0.134. The van der Waals surface area contributed by atoms with Crippen LogP contribution in [0.25, 0.3) is 0 Å². The Morgan fingerprint density at radius 3 is 2.45 bits per heavy atom. The number of ether oxygens (including phenoxy) is 2. The van der Waals surface area contributed by atoms with Gasteiger partial charge in [0.15, 0.2) is 11.5 Å². The molecule has 2 fully saturated rings. The van der Waals surface area contributed by atoms with Gasteiger partial charge in [0, 0.05) is 38.2 Å². The van der Waals surface area contributed by atoms with E-state index in [9.17, 15) is 9.59 Å². The van der Waals surface area contributed by atoms with Crippen molar-refractivity contribution in [3.05, 3.63) is 23.8 Å². The fourth-order valence-corrected chi connectivity index (χ4v) is 4.36. The van der Waals surface area contributed by atoms with Crippen LogP contribution < -0.4 is 14.8 Å². The SMILES string of the molecule is CC(CC(=O)N1CCN(C(=O)c2ccc3c(c2)OCO3)CC1)C1CCNCC1.Cl. The second-order valence-corrected chi connectivity index (χ2v) is 8.01. The fraction of sp³-hybridized carbons (Fsp3) is 0.619. The first-order valence-corrected chi connectivity index (χ1v) is 10.3. The normalized spacial score (nSPS) is 20.2. The zero-order chi connectivity index (χ0) is 19.5. The van der Waals surface area contributed by atoms with Crippen molar-refractivity contribution in [1.82, 2.24) is 15.1 Å². The lowest BCUT2D eigenvalue weighted by Crippen LogP contribution is -2.51. The Labute approximate surface area is 178 Å². The Balaban J connectivity index is 0.00000240. The van der Waals surface area contributed by atoms with E-state index in [1.54, 1.807) is 18.2 Å². The number of fused-ring (bicyclic) bond motifs is 1. The van der Waals surface area contributed by atoms with Gasteiger partial charge in [0.05, 0.1) is 0 Å². The van der Waals surface area contributed by atoms with Crippen LogP contribution in [0.4, 0.5) is 0 Å². The molecule has 0 saturated carbocycles. The summed E-state index contributed by atoms with van der Waals surface area (Å²) in [6, 6.07) is 5.29. The molecule has 0 aromatic heterocycles. The van der Waals surface area contributed by atoms with E-state index in [0.29, 0.717) is 61.5 Å². The minimum absolute atomic E-state index is 0. The zero-order valence-electron chi connectivity index (χ0n) is 16.9. The van der Waals surface area contributed by atoms with Gasteiger partial charge in [0.1, 0.15) is 0 Å². The molecule has 7 nitrogen and oxygen atoms in total. The molecule has 2 saturated heterocycles. The summed E-state index contributed by atoms with van der Waals surface area (Å²) in [4.78, 5) is 29.2. The van der Waals surface area contributed by atoms with Crippen LogP contribution in [-0.4, -0.2) is 67.7 Å². The van der Waals surface area contributed by atoms with Gasteiger partial charge in [0.25, 0.3) is 5.91 Å².